The van der Waals surface area contributed by atoms with Crippen LogP contribution in [0.2, 0.25) is 0 Å². The lowest BCUT2D eigenvalue weighted by Crippen LogP contribution is -2.13. The van der Waals surface area contributed by atoms with Gasteiger partial charge in [-0.05, 0) is 53.8 Å². The lowest BCUT2D eigenvalue weighted by Gasteiger charge is -2.15. The molecule has 186 valence electrons. The van der Waals surface area contributed by atoms with Gasteiger partial charge >= 0.3 is 5.97 Å². The predicted octanol–water partition coefficient (Wildman–Crippen LogP) is 6.09. The Morgan fingerprint density at radius 1 is 0.946 bits per heavy atom. The molecule has 3 aromatic carbocycles. The maximum absolute atomic E-state index is 11.2. The Labute approximate surface area is 215 Å². The molecule has 1 atom stereocenters. The van der Waals surface area contributed by atoms with Crippen LogP contribution < -0.4 is 10.6 Å². The second-order valence-corrected chi connectivity index (χ2v) is 9.20. The van der Waals surface area contributed by atoms with Crippen LogP contribution in [0.3, 0.4) is 0 Å². The van der Waals surface area contributed by atoms with Gasteiger partial charge in [0.15, 0.2) is 0 Å². The molecule has 5 aromatic rings. The zero-order valence-electron chi connectivity index (χ0n) is 20.8. The van der Waals surface area contributed by atoms with Crippen LogP contribution in [0.25, 0.3) is 22.3 Å². The number of carbonyl (C=O) groups is 1. The summed E-state index contributed by atoms with van der Waals surface area (Å²) in [4.78, 5) is 23.5. The average Bonchev–Trinajstić information content (AvgIpc) is 3.35. The standard InChI is InChI=1S/C30H29N5O2/c1-19-14-22(10-13-25(19)30(36)37)17-31-16-21-8-11-24(12-9-21)27-15-26-28(32-18-33-29(26)35-27)34-20(2)23-6-4-3-5-7-23/h3-15,18,20,31H,16-17H2,1-2H3,(H,36,37)(H2,32,33,34,35)/t20-/m1/s1. The minimum Gasteiger partial charge on any atom is -0.478 e. The monoisotopic (exact) mass is 491 g/mol. The van der Waals surface area contributed by atoms with Gasteiger partial charge < -0.3 is 20.7 Å². The van der Waals surface area contributed by atoms with Gasteiger partial charge in [-0.1, -0.05) is 66.7 Å². The van der Waals surface area contributed by atoms with Gasteiger partial charge in [-0.15, -0.1) is 0 Å². The molecular weight excluding hydrogens is 462 g/mol. The van der Waals surface area contributed by atoms with Crippen molar-refractivity contribution < 1.29 is 9.90 Å². The molecule has 0 saturated carbocycles. The second-order valence-electron chi connectivity index (χ2n) is 9.20. The van der Waals surface area contributed by atoms with Crippen molar-refractivity contribution in [2.75, 3.05) is 5.32 Å². The zero-order valence-corrected chi connectivity index (χ0v) is 20.8. The van der Waals surface area contributed by atoms with E-state index in [2.05, 4.69) is 75.0 Å². The normalized spacial score (nSPS) is 11.9. The third kappa shape index (κ3) is 5.52. The van der Waals surface area contributed by atoms with Crippen LogP contribution in [0, 0.1) is 6.92 Å². The van der Waals surface area contributed by atoms with E-state index < -0.39 is 5.97 Å². The molecule has 0 radical (unpaired) electrons. The fourth-order valence-corrected chi connectivity index (χ4v) is 4.47. The third-order valence-electron chi connectivity index (χ3n) is 6.52. The second kappa shape index (κ2) is 10.6. The van der Waals surface area contributed by atoms with Gasteiger partial charge in [0.1, 0.15) is 17.8 Å². The minimum absolute atomic E-state index is 0.114. The van der Waals surface area contributed by atoms with Crippen LogP contribution in [0.15, 0.2) is 85.2 Å². The summed E-state index contributed by atoms with van der Waals surface area (Å²) < 4.78 is 0. The number of nitrogens with zero attached hydrogens (tertiary/aromatic N) is 2. The van der Waals surface area contributed by atoms with E-state index in [4.69, 9.17) is 0 Å². The Balaban J connectivity index is 1.25. The number of fused-ring (bicyclic) bond motifs is 1. The molecule has 0 saturated heterocycles. The molecule has 0 aliphatic heterocycles. The van der Waals surface area contributed by atoms with E-state index in [9.17, 15) is 9.90 Å². The molecule has 37 heavy (non-hydrogen) atoms. The minimum atomic E-state index is -0.895. The number of hydrogen-bond acceptors (Lipinski definition) is 5. The number of aryl methyl sites for hydroxylation is 1. The highest BCUT2D eigenvalue weighted by molar-refractivity contribution is 5.91. The molecule has 7 heteroatoms. The first-order valence-electron chi connectivity index (χ1n) is 12.3. The molecule has 2 heterocycles. The fraction of sp³-hybridized carbons (Fsp3) is 0.167. The van der Waals surface area contributed by atoms with Gasteiger partial charge in [0.25, 0.3) is 0 Å². The number of H-pyrrole nitrogens is 1. The smallest absolute Gasteiger partial charge is 0.335 e. The number of hydrogen-bond donors (Lipinski definition) is 4. The Morgan fingerprint density at radius 2 is 1.68 bits per heavy atom. The topological polar surface area (TPSA) is 103 Å². The SMILES string of the molecule is Cc1cc(CNCc2ccc(-c3cc4c(N[C@H](C)c5ccccc5)ncnc4[nH]3)cc2)ccc1C(=O)O. The summed E-state index contributed by atoms with van der Waals surface area (Å²) in [6, 6.07) is 26.3. The quantitative estimate of drug-likeness (QED) is 0.199. The fourth-order valence-electron chi connectivity index (χ4n) is 4.47. The third-order valence-corrected chi connectivity index (χ3v) is 6.52. The lowest BCUT2D eigenvalue weighted by atomic mass is 10.0. The largest absolute Gasteiger partial charge is 0.478 e. The Hall–Kier alpha value is -4.49. The van der Waals surface area contributed by atoms with Gasteiger partial charge in [-0.25, -0.2) is 14.8 Å². The van der Waals surface area contributed by atoms with Crippen LogP contribution in [0.1, 0.15) is 45.6 Å². The van der Waals surface area contributed by atoms with Crippen molar-refractivity contribution in [3.05, 3.63) is 113 Å². The van der Waals surface area contributed by atoms with E-state index >= 15 is 0 Å². The number of carboxylic acids is 1. The van der Waals surface area contributed by atoms with Crippen LogP contribution >= 0.6 is 0 Å². The maximum atomic E-state index is 11.2. The first-order valence-corrected chi connectivity index (χ1v) is 12.3. The van der Waals surface area contributed by atoms with Gasteiger partial charge in [0.05, 0.1) is 10.9 Å². The van der Waals surface area contributed by atoms with Crippen LogP contribution in [-0.2, 0) is 13.1 Å². The van der Waals surface area contributed by atoms with Crippen LogP contribution in [-0.4, -0.2) is 26.0 Å². The van der Waals surface area contributed by atoms with Gasteiger partial charge in [-0.2, -0.15) is 0 Å². The molecule has 0 spiro atoms. The summed E-state index contributed by atoms with van der Waals surface area (Å²) in [6.07, 6.45) is 1.58. The van der Waals surface area contributed by atoms with E-state index in [1.807, 2.05) is 37.3 Å². The summed E-state index contributed by atoms with van der Waals surface area (Å²) >= 11 is 0. The van der Waals surface area contributed by atoms with E-state index in [-0.39, 0.29) is 6.04 Å². The summed E-state index contributed by atoms with van der Waals surface area (Å²) in [7, 11) is 0. The summed E-state index contributed by atoms with van der Waals surface area (Å²) in [5.74, 6) is -0.0929. The summed E-state index contributed by atoms with van der Waals surface area (Å²) in [5.41, 5.74) is 7.39. The molecule has 0 aliphatic rings. The van der Waals surface area contributed by atoms with Crippen molar-refractivity contribution in [3.8, 4) is 11.3 Å². The van der Waals surface area contributed by atoms with E-state index in [0.29, 0.717) is 18.7 Å². The molecule has 0 amide bonds. The Kier molecular flexibility index (Phi) is 6.96. The first kappa shape index (κ1) is 24.2. The summed E-state index contributed by atoms with van der Waals surface area (Å²) in [5, 5.41) is 17.1. The van der Waals surface area contributed by atoms with E-state index in [0.717, 1.165) is 44.8 Å². The Morgan fingerprint density at radius 3 is 2.41 bits per heavy atom. The van der Waals surface area contributed by atoms with Crippen molar-refractivity contribution in [2.24, 2.45) is 0 Å². The van der Waals surface area contributed by atoms with Crippen LogP contribution in [0.5, 0.6) is 0 Å². The van der Waals surface area contributed by atoms with Crippen molar-refractivity contribution in [3.63, 3.8) is 0 Å². The Bertz CT molecular complexity index is 1530. The molecule has 2 aromatic heterocycles. The van der Waals surface area contributed by atoms with Crippen molar-refractivity contribution in [2.45, 2.75) is 33.0 Å². The molecule has 0 bridgehead atoms. The number of benzene rings is 3. The molecule has 7 nitrogen and oxygen atoms in total. The number of aromatic amines is 1. The number of aromatic nitrogens is 3. The molecule has 4 N–H and O–H groups in total. The van der Waals surface area contributed by atoms with Crippen molar-refractivity contribution in [1.29, 1.82) is 0 Å². The van der Waals surface area contributed by atoms with E-state index in [1.54, 1.807) is 12.4 Å². The highest BCUT2D eigenvalue weighted by atomic mass is 16.4. The molecule has 0 unspecified atom stereocenters. The molecule has 5 rings (SSSR count). The number of rotatable bonds is 9. The van der Waals surface area contributed by atoms with E-state index in [1.165, 1.54) is 5.56 Å². The molecule has 0 fully saturated rings. The van der Waals surface area contributed by atoms with Crippen LogP contribution in [0.4, 0.5) is 5.82 Å². The zero-order chi connectivity index (χ0) is 25.8. The number of aromatic carboxylic acids is 1. The van der Waals surface area contributed by atoms with Crippen molar-refractivity contribution >= 4 is 22.8 Å². The average molecular weight is 492 g/mol. The van der Waals surface area contributed by atoms with Gasteiger partial charge in [-0.3, -0.25) is 0 Å². The lowest BCUT2D eigenvalue weighted by molar-refractivity contribution is 0.0696. The van der Waals surface area contributed by atoms with Gasteiger partial charge in [0.2, 0.25) is 0 Å². The number of carboxylic acid groups (broad SMARTS) is 1. The number of anilines is 1. The first-order chi connectivity index (χ1) is 18.0. The highest BCUT2D eigenvalue weighted by Gasteiger charge is 2.13. The van der Waals surface area contributed by atoms with Crippen molar-refractivity contribution in [1.82, 2.24) is 20.3 Å². The predicted molar refractivity (Wildman–Crippen MR) is 146 cm³/mol. The maximum Gasteiger partial charge on any atom is 0.335 e. The molecule has 0 aliphatic carbocycles. The summed E-state index contributed by atoms with van der Waals surface area (Å²) in [6.45, 7) is 5.32. The molecular formula is C30H29N5O2. The number of nitrogens with one attached hydrogen (secondary N) is 3. The van der Waals surface area contributed by atoms with Gasteiger partial charge in [0, 0.05) is 24.8 Å². The highest BCUT2D eigenvalue weighted by Crippen LogP contribution is 2.29.